The molecule has 0 saturated carbocycles. The number of anilines is 1. The maximum absolute atomic E-state index is 4.63. The molecule has 0 aliphatic carbocycles. The van der Waals surface area contributed by atoms with Crippen LogP contribution in [-0.2, 0) is 13.0 Å². The molecule has 148 valence electrons. The second-order valence-corrected chi connectivity index (χ2v) is 7.97. The molecular formula is C22H24N6S. The van der Waals surface area contributed by atoms with E-state index in [2.05, 4.69) is 50.4 Å². The van der Waals surface area contributed by atoms with E-state index in [0.29, 0.717) is 12.5 Å². The largest absolute Gasteiger partial charge is 0.336 e. The van der Waals surface area contributed by atoms with Gasteiger partial charge in [-0.3, -0.25) is 0 Å². The Morgan fingerprint density at radius 2 is 1.83 bits per heavy atom. The van der Waals surface area contributed by atoms with Gasteiger partial charge in [0.2, 0.25) is 5.95 Å². The highest BCUT2D eigenvalue weighted by molar-refractivity contribution is 7.07. The highest BCUT2D eigenvalue weighted by atomic mass is 32.1. The first kappa shape index (κ1) is 19.3. The van der Waals surface area contributed by atoms with Crippen LogP contribution in [0.15, 0.2) is 66.0 Å². The average molecular weight is 405 g/mol. The van der Waals surface area contributed by atoms with Crippen LogP contribution >= 0.6 is 11.3 Å². The number of thiazole rings is 1. The van der Waals surface area contributed by atoms with Gasteiger partial charge in [0.05, 0.1) is 23.1 Å². The number of hydrogen-bond donors (Lipinski definition) is 0. The molecule has 4 rings (SSSR count). The van der Waals surface area contributed by atoms with Crippen LogP contribution in [-0.4, -0.2) is 31.3 Å². The van der Waals surface area contributed by atoms with Gasteiger partial charge in [-0.05, 0) is 23.6 Å². The van der Waals surface area contributed by atoms with Crippen LogP contribution in [0.3, 0.4) is 0 Å². The van der Waals surface area contributed by atoms with E-state index in [9.17, 15) is 0 Å². The minimum absolute atomic E-state index is 0.414. The van der Waals surface area contributed by atoms with E-state index in [-0.39, 0.29) is 0 Å². The van der Waals surface area contributed by atoms with Crippen molar-refractivity contribution in [3.8, 4) is 5.69 Å². The zero-order chi connectivity index (χ0) is 20.1. The van der Waals surface area contributed by atoms with Crippen molar-refractivity contribution in [2.45, 2.75) is 32.7 Å². The quantitative estimate of drug-likeness (QED) is 0.433. The standard InChI is InChI=1S/C22H24N6S/c1-17(2)19-11-23-22(24-12-19)27(9-8-20-15-29-16-25-20)13-18-10-26-28(14-18)21-6-4-3-5-7-21/h3-7,10-12,14-17H,8-9,13H2,1-2H3. The molecule has 0 N–H and O–H groups in total. The molecule has 3 aromatic heterocycles. The monoisotopic (exact) mass is 404 g/mol. The lowest BCUT2D eigenvalue weighted by atomic mass is 10.1. The topological polar surface area (TPSA) is 59.7 Å². The van der Waals surface area contributed by atoms with Gasteiger partial charge in [-0.2, -0.15) is 5.10 Å². The lowest BCUT2D eigenvalue weighted by Crippen LogP contribution is -2.27. The van der Waals surface area contributed by atoms with E-state index in [1.165, 1.54) is 0 Å². The maximum atomic E-state index is 4.63. The summed E-state index contributed by atoms with van der Waals surface area (Å²) < 4.78 is 1.90. The molecule has 0 fully saturated rings. The number of rotatable bonds is 8. The molecule has 6 nitrogen and oxygen atoms in total. The van der Waals surface area contributed by atoms with Crippen LogP contribution < -0.4 is 4.90 Å². The summed E-state index contributed by atoms with van der Waals surface area (Å²) in [4.78, 5) is 15.9. The number of nitrogens with zero attached hydrogens (tertiary/aromatic N) is 6. The molecule has 0 spiro atoms. The van der Waals surface area contributed by atoms with E-state index in [1.807, 2.05) is 59.1 Å². The number of aromatic nitrogens is 5. The summed E-state index contributed by atoms with van der Waals surface area (Å²) in [7, 11) is 0. The van der Waals surface area contributed by atoms with E-state index < -0.39 is 0 Å². The van der Waals surface area contributed by atoms with E-state index in [1.54, 1.807) is 11.3 Å². The predicted molar refractivity (Wildman–Crippen MR) is 117 cm³/mol. The third kappa shape index (κ3) is 4.86. The smallest absolute Gasteiger partial charge is 0.225 e. The van der Waals surface area contributed by atoms with Crippen molar-refractivity contribution in [3.05, 3.63) is 82.8 Å². The first-order chi connectivity index (χ1) is 14.2. The van der Waals surface area contributed by atoms with Gasteiger partial charge in [0.15, 0.2) is 0 Å². The average Bonchev–Trinajstić information content (AvgIpc) is 3.44. The van der Waals surface area contributed by atoms with Crippen molar-refractivity contribution in [1.82, 2.24) is 24.7 Å². The van der Waals surface area contributed by atoms with Gasteiger partial charge in [-0.15, -0.1) is 11.3 Å². The molecular weight excluding hydrogens is 380 g/mol. The molecule has 0 bridgehead atoms. The Hall–Kier alpha value is -3.06. The van der Waals surface area contributed by atoms with Crippen LogP contribution in [0.25, 0.3) is 5.69 Å². The first-order valence-electron chi connectivity index (χ1n) is 9.72. The Kier molecular flexibility index (Phi) is 5.95. The lowest BCUT2D eigenvalue weighted by Gasteiger charge is -2.22. The molecule has 4 aromatic rings. The van der Waals surface area contributed by atoms with Crippen LogP contribution in [0.1, 0.15) is 36.6 Å². The molecule has 0 unspecified atom stereocenters. The molecule has 0 atom stereocenters. The number of benzene rings is 1. The minimum atomic E-state index is 0.414. The molecule has 1 aromatic carbocycles. The number of para-hydroxylation sites is 1. The second-order valence-electron chi connectivity index (χ2n) is 7.25. The summed E-state index contributed by atoms with van der Waals surface area (Å²) in [5, 5.41) is 6.61. The lowest BCUT2D eigenvalue weighted by molar-refractivity contribution is 0.738. The maximum Gasteiger partial charge on any atom is 0.225 e. The Balaban J connectivity index is 1.54. The Bertz CT molecular complexity index is 1010. The van der Waals surface area contributed by atoms with Crippen molar-refractivity contribution in [2.75, 3.05) is 11.4 Å². The summed E-state index contributed by atoms with van der Waals surface area (Å²) >= 11 is 1.62. The van der Waals surface area contributed by atoms with Gasteiger partial charge in [0.1, 0.15) is 0 Å². The zero-order valence-electron chi connectivity index (χ0n) is 16.6. The fourth-order valence-corrected chi connectivity index (χ4v) is 3.63. The molecule has 0 aliphatic heterocycles. The van der Waals surface area contributed by atoms with Crippen molar-refractivity contribution in [1.29, 1.82) is 0 Å². The SMILES string of the molecule is CC(C)c1cnc(N(CCc2cscn2)Cc2cnn(-c3ccccc3)c2)nc1. The minimum Gasteiger partial charge on any atom is -0.336 e. The fourth-order valence-electron chi connectivity index (χ4n) is 3.04. The van der Waals surface area contributed by atoms with Crippen molar-refractivity contribution in [3.63, 3.8) is 0 Å². The fraction of sp³-hybridized carbons (Fsp3) is 0.273. The molecule has 0 amide bonds. The molecule has 0 saturated heterocycles. The molecule has 0 aliphatic rings. The Morgan fingerprint density at radius 1 is 1.03 bits per heavy atom. The Morgan fingerprint density at radius 3 is 2.52 bits per heavy atom. The molecule has 3 heterocycles. The van der Waals surface area contributed by atoms with Crippen LogP contribution in [0.5, 0.6) is 0 Å². The predicted octanol–water partition coefficient (Wildman–Crippen LogP) is 4.49. The Labute approximate surface area is 174 Å². The van der Waals surface area contributed by atoms with Crippen molar-refractivity contribution < 1.29 is 0 Å². The van der Waals surface area contributed by atoms with Crippen LogP contribution in [0.2, 0.25) is 0 Å². The van der Waals surface area contributed by atoms with E-state index in [4.69, 9.17) is 0 Å². The molecule has 29 heavy (non-hydrogen) atoms. The normalized spacial score (nSPS) is 11.1. The van der Waals surface area contributed by atoms with Gasteiger partial charge in [0, 0.05) is 49.0 Å². The van der Waals surface area contributed by atoms with Crippen molar-refractivity contribution >= 4 is 17.3 Å². The van der Waals surface area contributed by atoms with Gasteiger partial charge in [0.25, 0.3) is 0 Å². The zero-order valence-corrected chi connectivity index (χ0v) is 17.5. The summed E-state index contributed by atoms with van der Waals surface area (Å²) in [6.07, 6.45) is 8.68. The highest BCUT2D eigenvalue weighted by Gasteiger charge is 2.14. The van der Waals surface area contributed by atoms with Gasteiger partial charge in [-0.25, -0.2) is 19.6 Å². The van der Waals surface area contributed by atoms with E-state index in [0.717, 1.165) is 41.4 Å². The van der Waals surface area contributed by atoms with Gasteiger partial charge in [-0.1, -0.05) is 32.0 Å². The molecule has 7 heteroatoms. The summed E-state index contributed by atoms with van der Waals surface area (Å²) in [5.41, 5.74) is 6.27. The second kappa shape index (κ2) is 8.96. The van der Waals surface area contributed by atoms with E-state index >= 15 is 0 Å². The van der Waals surface area contributed by atoms with Crippen molar-refractivity contribution in [2.24, 2.45) is 0 Å². The molecule has 0 radical (unpaired) electrons. The van der Waals surface area contributed by atoms with Crippen LogP contribution in [0.4, 0.5) is 5.95 Å². The summed E-state index contributed by atoms with van der Waals surface area (Å²) in [5.74, 6) is 1.15. The third-order valence-electron chi connectivity index (χ3n) is 4.76. The summed E-state index contributed by atoms with van der Waals surface area (Å²) in [6, 6.07) is 10.1. The van der Waals surface area contributed by atoms with Gasteiger partial charge < -0.3 is 4.90 Å². The highest BCUT2D eigenvalue weighted by Crippen LogP contribution is 2.18. The summed E-state index contributed by atoms with van der Waals surface area (Å²) in [6.45, 7) is 5.78. The number of hydrogen-bond acceptors (Lipinski definition) is 6. The third-order valence-corrected chi connectivity index (χ3v) is 5.39. The van der Waals surface area contributed by atoms with Crippen LogP contribution in [0, 0.1) is 0 Å². The first-order valence-corrected chi connectivity index (χ1v) is 10.7. The van der Waals surface area contributed by atoms with Gasteiger partial charge >= 0.3 is 0 Å².